The van der Waals surface area contributed by atoms with E-state index in [2.05, 4.69) is 34.8 Å². The Balaban J connectivity index is 1.97. The number of halogens is 1. The summed E-state index contributed by atoms with van der Waals surface area (Å²) in [5.41, 5.74) is 7.44. The van der Waals surface area contributed by atoms with Crippen molar-refractivity contribution in [3.63, 3.8) is 0 Å². The van der Waals surface area contributed by atoms with Crippen molar-refractivity contribution in [3.8, 4) is 0 Å². The fourth-order valence-corrected chi connectivity index (χ4v) is 2.98. The van der Waals surface area contributed by atoms with Gasteiger partial charge in [-0.05, 0) is 59.0 Å². The molecule has 0 aliphatic heterocycles. The number of benzene rings is 1. The molecule has 18 heavy (non-hydrogen) atoms. The maximum Gasteiger partial charge on any atom is 0.251 e. The largest absolute Gasteiger partial charge is 0.398 e. The molecule has 1 aromatic carbocycles. The van der Waals surface area contributed by atoms with Crippen molar-refractivity contribution in [2.75, 3.05) is 12.3 Å². The molecule has 0 radical (unpaired) electrons. The molecule has 3 nitrogen and oxygen atoms in total. The molecule has 98 valence electrons. The van der Waals surface area contributed by atoms with E-state index in [1.165, 1.54) is 25.7 Å². The van der Waals surface area contributed by atoms with Crippen LogP contribution in [0.5, 0.6) is 0 Å². The van der Waals surface area contributed by atoms with Crippen molar-refractivity contribution in [2.24, 2.45) is 5.41 Å². The van der Waals surface area contributed by atoms with Crippen LogP contribution in [0.4, 0.5) is 5.69 Å². The fourth-order valence-electron chi connectivity index (χ4n) is 2.47. The van der Waals surface area contributed by atoms with E-state index >= 15 is 0 Å². The van der Waals surface area contributed by atoms with E-state index in [4.69, 9.17) is 5.73 Å². The molecule has 0 saturated heterocycles. The molecule has 1 aliphatic rings. The molecule has 4 heteroatoms. The van der Waals surface area contributed by atoms with Crippen LogP contribution in [-0.2, 0) is 0 Å². The van der Waals surface area contributed by atoms with E-state index in [0.29, 0.717) is 5.56 Å². The Morgan fingerprint density at radius 2 is 2.11 bits per heavy atom. The van der Waals surface area contributed by atoms with E-state index in [1.54, 1.807) is 12.1 Å². The first-order valence-electron chi connectivity index (χ1n) is 6.33. The molecule has 2 rings (SSSR count). The van der Waals surface area contributed by atoms with E-state index in [0.717, 1.165) is 15.8 Å². The Labute approximate surface area is 122 Å². The predicted octanol–water partition coefficient (Wildman–Crippen LogP) is 3.18. The Hall–Kier alpha value is -0.780. The number of nitrogen functional groups attached to an aromatic ring is 1. The SMILES string of the molecule is CC1(CNC(=O)c2ccc(N)c(I)c2)CCCC1. The molecular weight excluding hydrogens is 339 g/mol. The summed E-state index contributed by atoms with van der Waals surface area (Å²) in [6.07, 6.45) is 5.00. The quantitative estimate of drug-likeness (QED) is 0.644. The zero-order valence-electron chi connectivity index (χ0n) is 10.6. The average Bonchev–Trinajstić information content (AvgIpc) is 2.77. The number of hydrogen-bond donors (Lipinski definition) is 2. The summed E-state index contributed by atoms with van der Waals surface area (Å²) >= 11 is 2.15. The van der Waals surface area contributed by atoms with Gasteiger partial charge in [-0.15, -0.1) is 0 Å². The number of nitrogens with one attached hydrogen (secondary N) is 1. The molecule has 1 aromatic rings. The highest BCUT2D eigenvalue weighted by atomic mass is 127. The fraction of sp³-hybridized carbons (Fsp3) is 0.500. The second-order valence-electron chi connectivity index (χ2n) is 5.44. The summed E-state index contributed by atoms with van der Waals surface area (Å²) in [5.74, 6) is 0.000964. The summed E-state index contributed by atoms with van der Waals surface area (Å²) in [4.78, 5) is 12.1. The molecule has 0 unspecified atom stereocenters. The van der Waals surface area contributed by atoms with Crippen molar-refractivity contribution in [2.45, 2.75) is 32.6 Å². The number of carbonyl (C=O) groups excluding carboxylic acids is 1. The molecule has 1 aliphatic carbocycles. The van der Waals surface area contributed by atoms with Crippen LogP contribution >= 0.6 is 22.6 Å². The summed E-state index contributed by atoms with van der Waals surface area (Å²) in [7, 11) is 0. The third-order valence-electron chi connectivity index (χ3n) is 3.75. The summed E-state index contributed by atoms with van der Waals surface area (Å²) in [6.45, 7) is 3.03. The summed E-state index contributed by atoms with van der Waals surface area (Å²) in [6, 6.07) is 5.40. The van der Waals surface area contributed by atoms with Crippen molar-refractivity contribution in [1.29, 1.82) is 0 Å². The van der Waals surface area contributed by atoms with Gasteiger partial charge in [0.15, 0.2) is 0 Å². The number of amides is 1. The first-order chi connectivity index (χ1) is 8.50. The molecule has 0 atom stereocenters. The number of carbonyl (C=O) groups is 1. The molecule has 0 heterocycles. The maximum atomic E-state index is 12.1. The molecular formula is C14H19IN2O. The molecule has 0 bridgehead atoms. The first kappa shape index (κ1) is 13.6. The van der Waals surface area contributed by atoms with E-state index in [1.807, 2.05) is 6.07 Å². The summed E-state index contributed by atoms with van der Waals surface area (Å²) < 4.78 is 0.923. The van der Waals surface area contributed by atoms with Gasteiger partial charge in [-0.2, -0.15) is 0 Å². The van der Waals surface area contributed by atoms with Gasteiger partial charge in [0.25, 0.3) is 5.91 Å². The first-order valence-corrected chi connectivity index (χ1v) is 7.41. The normalized spacial score (nSPS) is 17.7. The number of hydrogen-bond acceptors (Lipinski definition) is 2. The number of rotatable bonds is 3. The van der Waals surface area contributed by atoms with Crippen molar-refractivity contribution >= 4 is 34.2 Å². The van der Waals surface area contributed by atoms with Crippen molar-refractivity contribution < 1.29 is 4.79 Å². The third kappa shape index (κ3) is 3.16. The van der Waals surface area contributed by atoms with Crippen LogP contribution in [0.2, 0.25) is 0 Å². The predicted molar refractivity (Wildman–Crippen MR) is 82.5 cm³/mol. The highest BCUT2D eigenvalue weighted by Crippen LogP contribution is 2.36. The number of anilines is 1. The molecule has 0 aromatic heterocycles. The smallest absolute Gasteiger partial charge is 0.251 e. The van der Waals surface area contributed by atoms with Crippen LogP contribution in [0.25, 0.3) is 0 Å². The zero-order valence-corrected chi connectivity index (χ0v) is 12.8. The lowest BCUT2D eigenvalue weighted by Crippen LogP contribution is -2.34. The Kier molecular flexibility index (Phi) is 4.14. The zero-order chi connectivity index (χ0) is 13.2. The van der Waals surface area contributed by atoms with E-state index < -0.39 is 0 Å². The highest BCUT2D eigenvalue weighted by Gasteiger charge is 2.28. The van der Waals surface area contributed by atoms with Crippen LogP contribution in [0, 0.1) is 8.99 Å². The maximum absolute atomic E-state index is 12.1. The minimum Gasteiger partial charge on any atom is -0.398 e. The molecule has 1 fully saturated rings. The van der Waals surface area contributed by atoms with Crippen LogP contribution < -0.4 is 11.1 Å². The monoisotopic (exact) mass is 358 g/mol. The summed E-state index contributed by atoms with van der Waals surface area (Å²) in [5, 5.41) is 3.04. The highest BCUT2D eigenvalue weighted by molar-refractivity contribution is 14.1. The van der Waals surface area contributed by atoms with Crippen molar-refractivity contribution in [1.82, 2.24) is 5.32 Å². The van der Waals surface area contributed by atoms with Crippen LogP contribution in [-0.4, -0.2) is 12.5 Å². The van der Waals surface area contributed by atoms with E-state index in [9.17, 15) is 4.79 Å². The van der Waals surface area contributed by atoms with Gasteiger partial charge in [0.2, 0.25) is 0 Å². The Morgan fingerprint density at radius 1 is 1.44 bits per heavy atom. The lowest BCUT2D eigenvalue weighted by atomic mass is 9.89. The lowest BCUT2D eigenvalue weighted by molar-refractivity contribution is 0.0934. The second kappa shape index (κ2) is 5.47. The molecule has 0 spiro atoms. The van der Waals surface area contributed by atoms with Crippen LogP contribution in [0.1, 0.15) is 43.0 Å². The van der Waals surface area contributed by atoms with Crippen LogP contribution in [0.15, 0.2) is 18.2 Å². The minimum atomic E-state index is 0.000964. The van der Waals surface area contributed by atoms with Gasteiger partial charge in [0, 0.05) is 21.4 Å². The van der Waals surface area contributed by atoms with Crippen LogP contribution in [0.3, 0.4) is 0 Å². The van der Waals surface area contributed by atoms with Gasteiger partial charge in [-0.3, -0.25) is 4.79 Å². The minimum absolute atomic E-state index is 0.000964. The van der Waals surface area contributed by atoms with Gasteiger partial charge in [0.1, 0.15) is 0 Å². The molecule has 1 saturated carbocycles. The standard InChI is InChI=1S/C14H19IN2O/c1-14(6-2-3-7-14)9-17-13(18)10-4-5-12(16)11(15)8-10/h4-5,8H,2-3,6-7,9,16H2,1H3,(H,17,18). The Morgan fingerprint density at radius 3 is 2.72 bits per heavy atom. The van der Waals surface area contributed by atoms with Gasteiger partial charge < -0.3 is 11.1 Å². The second-order valence-corrected chi connectivity index (χ2v) is 6.60. The van der Waals surface area contributed by atoms with E-state index in [-0.39, 0.29) is 11.3 Å². The van der Waals surface area contributed by atoms with Crippen molar-refractivity contribution in [3.05, 3.63) is 27.3 Å². The molecule has 1 amide bonds. The number of nitrogens with two attached hydrogens (primary N) is 1. The molecule has 3 N–H and O–H groups in total. The Bertz CT molecular complexity index is 453. The van der Waals surface area contributed by atoms with Gasteiger partial charge in [0.05, 0.1) is 0 Å². The van der Waals surface area contributed by atoms with Gasteiger partial charge in [-0.1, -0.05) is 19.8 Å². The van der Waals surface area contributed by atoms with Gasteiger partial charge in [-0.25, -0.2) is 0 Å². The lowest BCUT2D eigenvalue weighted by Gasteiger charge is -2.23. The third-order valence-corrected chi connectivity index (χ3v) is 4.68. The van der Waals surface area contributed by atoms with Gasteiger partial charge >= 0.3 is 0 Å². The topological polar surface area (TPSA) is 55.1 Å². The average molecular weight is 358 g/mol.